The van der Waals surface area contributed by atoms with Crippen LogP contribution in [0.25, 0.3) is 0 Å². The quantitative estimate of drug-likeness (QED) is 0.673. The van der Waals surface area contributed by atoms with Crippen LogP contribution >= 0.6 is 0 Å². The summed E-state index contributed by atoms with van der Waals surface area (Å²) < 4.78 is 27.1. The van der Waals surface area contributed by atoms with Gasteiger partial charge in [-0.05, 0) is 37.6 Å². The highest BCUT2D eigenvalue weighted by molar-refractivity contribution is 7.89. The minimum absolute atomic E-state index is 0.143. The molecule has 0 amide bonds. The minimum atomic E-state index is -3.14. The molecule has 114 valence electrons. The van der Waals surface area contributed by atoms with Gasteiger partial charge in [0.15, 0.2) is 0 Å². The fraction of sp³-hybridized carbons (Fsp3) is 1.00. The van der Waals surface area contributed by atoms with Crippen molar-refractivity contribution in [2.75, 3.05) is 18.8 Å². The van der Waals surface area contributed by atoms with Crippen LogP contribution in [0, 0.1) is 11.8 Å². The van der Waals surface area contributed by atoms with Gasteiger partial charge in [0.05, 0.1) is 5.75 Å². The molecule has 1 fully saturated rings. The molecule has 0 aromatic heterocycles. The van der Waals surface area contributed by atoms with Gasteiger partial charge in [0.25, 0.3) is 0 Å². The van der Waals surface area contributed by atoms with Crippen molar-refractivity contribution >= 4 is 10.0 Å². The lowest BCUT2D eigenvalue weighted by Crippen LogP contribution is -2.45. The van der Waals surface area contributed by atoms with E-state index in [1.54, 1.807) is 0 Å². The lowest BCUT2D eigenvalue weighted by molar-refractivity contribution is 0.226. The molecule has 1 aliphatic rings. The highest BCUT2D eigenvalue weighted by Gasteiger charge is 2.30. The van der Waals surface area contributed by atoms with Crippen LogP contribution in [0.4, 0.5) is 0 Å². The van der Waals surface area contributed by atoms with Crippen LogP contribution in [0.3, 0.4) is 0 Å². The Morgan fingerprint density at radius 1 is 1.16 bits per heavy atom. The zero-order valence-corrected chi connectivity index (χ0v) is 13.4. The molecular weight excluding hydrogens is 260 g/mol. The molecule has 2 N–H and O–H groups in total. The zero-order chi connectivity index (χ0) is 14.3. The van der Waals surface area contributed by atoms with E-state index in [4.69, 9.17) is 0 Å². The topological polar surface area (TPSA) is 58.2 Å². The molecular formula is C14H30N2O2S. The third-order valence-electron chi connectivity index (χ3n) is 3.98. The first-order valence-electron chi connectivity index (χ1n) is 7.67. The first-order chi connectivity index (χ1) is 8.96. The van der Waals surface area contributed by atoms with E-state index >= 15 is 0 Å². The second-order valence-corrected chi connectivity index (χ2v) is 7.86. The minimum Gasteiger partial charge on any atom is -0.316 e. The summed E-state index contributed by atoms with van der Waals surface area (Å²) in [5.74, 6) is 1.23. The van der Waals surface area contributed by atoms with Crippen LogP contribution in [0.1, 0.15) is 52.9 Å². The summed E-state index contributed by atoms with van der Waals surface area (Å²) in [6.07, 6.45) is 5.55. The maximum absolute atomic E-state index is 12.1. The van der Waals surface area contributed by atoms with Crippen molar-refractivity contribution in [3.8, 4) is 0 Å². The standard InChI is InChI=1S/C14H30N2O2S/c1-4-9-15-10-11-19(17,18)16-14-8-6-5-7-13(14)12(2)3/h12-16H,4-11H2,1-3H3. The summed E-state index contributed by atoms with van der Waals surface area (Å²) >= 11 is 0. The summed E-state index contributed by atoms with van der Waals surface area (Å²) in [5.41, 5.74) is 0. The third-order valence-corrected chi connectivity index (χ3v) is 5.38. The van der Waals surface area contributed by atoms with Gasteiger partial charge in [0.2, 0.25) is 10.0 Å². The number of hydrogen-bond acceptors (Lipinski definition) is 3. The van der Waals surface area contributed by atoms with E-state index in [2.05, 4.69) is 30.8 Å². The summed E-state index contributed by atoms with van der Waals surface area (Å²) in [6, 6.07) is 0.143. The van der Waals surface area contributed by atoms with E-state index in [9.17, 15) is 8.42 Å². The van der Waals surface area contributed by atoms with Crippen LogP contribution in [0.2, 0.25) is 0 Å². The van der Waals surface area contributed by atoms with E-state index in [0.29, 0.717) is 18.4 Å². The maximum Gasteiger partial charge on any atom is 0.213 e. The van der Waals surface area contributed by atoms with E-state index in [1.165, 1.54) is 6.42 Å². The Morgan fingerprint density at radius 2 is 1.84 bits per heavy atom. The van der Waals surface area contributed by atoms with Crippen LogP contribution < -0.4 is 10.0 Å². The van der Waals surface area contributed by atoms with Crippen molar-refractivity contribution in [1.29, 1.82) is 0 Å². The predicted octanol–water partition coefficient (Wildman–Crippen LogP) is 2.12. The predicted molar refractivity (Wildman–Crippen MR) is 80.7 cm³/mol. The molecule has 1 rings (SSSR count). The van der Waals surface area contributed by atoms with Crippen LogP contribution in [0.15, 0.2) is 0 Å². The van der Waals surface area contributed by atoms with Gasteiger partial charge >= 0.3 is 0 Å². The number of nitrogens with one attached hydrogen (secondary N) is 2. The van der Waals surface area contributed by atoms with Gasteiger partial charge in [0.1, 0.15) is 0 Å². The first kappa shape index (κ1) is 16.9. The Hall–Kier alpha value is -0.130. The van der Waals surface area contributed by atoms with Crippen molar-refractivity contribution in [2.24, 2.45) is 11.8 Å². The molecule has 0 spiro atoms. The van der Waals surface area contributed by atoms with Gasteiger partial charge in [-0.2, -0.15) is 0 Å². The molecule has 2 atom stereocenters. The molecule has 0 saturated heterocycles. The van der Waals surface area contributed by atoms with Gasteiger partial charge in [0, 0.05) is 12.6 Å². The van der Waals surface area contributed by atoms with E-state index < -0.39 is 10.0 Å². The SMILES string of the molecule is CCCNCCS(=O)(=O)NC1CCCCC1C(C)C. The lowest BCUT2D eigenvalue weighted by Gasteiger charge is -2.34. The molecule has 4 nitrogen and oxygen atoms in total. The van der Waals surface area contributed by atoms with Crippen molar-refractivity contribution in [1.82, 2.24) is 10.0 Å². The Morgan fingerprint density at radius 3 is 2.47 bits per heavy atom. The molecule has 19 heavy (non-hydrogen) atoms. The summed E-state index contributed by atoms with van der Waals surface area (Å²) in [5, 5.41) is 3.14. The van der Waals surface area contributed by atoms with Crippen LogP contribution in [-0.2, 0) is 10.0 Å². The molecule has 0 aromatic rings. The zero-order valence-electron chi connectivity index (χ0n) is 12.6. The van der Waals surface area contributed by atoms with E-state index in [0.717, 1.165) is 32.2 Å². The average Bonchev–Trinajstić information content (AvgIpc) is 2.34. The normalized spacial score (nSPS) is 24.8. The van der Waals surface area contributed by atoms with Crippen molar-refractivity contribution in [3.63, 3.8) is 0 Å². The van der Waals surface area contributed by atoms with E-state index in [1.807, 2.05) is 0 Å². The van der Waals surface area contributed by atoms with Gasteiger partial charge < -0.3 is 5.32 Å². The Labute approximate surface area is 118 Å². The highest BCUT2D eigenvalue weighted by Crippen LogP contribution is 2.30. The molecule has 0 bridgehead atoms. The molecule has 2 unspecified atom stereocenters. The Kier molecular flexibility index (Phi) is 7.32. The van der Waals surface area contributed by atoms with Gasteiger partial charge in [-0.3, -0.25) is 0 Å². The Balaban J connectivity index is 2.46. The monoisotopic (exact) mass is 290 g/mol. The number of rotatable bonds is 8. The maximum atomic E-state index is 12.1. The van der Waals surface area contributed by atoms with Crippen LogP contribution in [0.5, 0.6) is 0 Å². The highest BCUT2D eigenvalue weighted by atomic mass is 32.2. The molecule has 0 heterocycles. The lowest BCUT2D eigenvalue weighted by atomic mass is 9.78. The molecule has 1 aliphatic carbocycles. The molecule has 0 radical (unpaired) electrons. The second kappa shape index (κ2) is 8.22. The number of hydrogen-bond donors (Lipinski definition) is 2. The largest absolute Gasteiger partial charge is 0.316 e. The fourth-order valence-corrected chi connectivity index (χ4v) is 4.19. The first-order valence-corrected chi connectivity index (χ1v) is 9.32. The van der Waals surface area contributed by atoms with Gasteiger partial charge in [-0.15, -0.1) is 0 Å². The van der Waals surface area contributed by atoms with Crippen molar-refractivity contribution in [2.45, 2.75) is 58.9 Å². The summed E-state index contributed by atoms with van der Waals surface area (Å²) in [7, 11) is -3.14. The molecule has 0 aliphatic heterocycles. The van der Waals surface area contributed by atoms with E-state index in [-0.39, 0.29) is 11.8 Å². The van der Waals surface area contributed by atoms with Gasteiger partial charge in [-0.1, -0.05) is 33.6 Å². The summed E-state index contributed by atoms with van der Waals surface area (Å²) in [4.78, 5) is 0. The second-order valence-electron chi connectivity index (χ2n) is 5.99. The Bertz CT molecular complexity index is 341. The van der Waals surface area contributed by atoms with Crippen molar-refractivity contribution in [3.05, 3.63) is 0 Å². The molecule has 5 heteroatoms. The van der Waals surface area contributed by atoms with Gasteiger partial charge in [-0.25, -0.2) is 13.1 Å². The summed E-state index contributed by atoms with van der Waals surface area (Å²) in [6.45, 7) is 7.89. The third kappa shape index (κ3) is 6.23. The fourth-order valence-electron chi connectivity index (χ4n) is 2.90. The number of sulfonamides is 1. The van der Waals surface area contributed by atoms with Crippen molar-refractivity contribution < 1.29 is 8.42 Å². The smallest absolute Gasteiger partial charge is 0.213 e. The average molecular weight is 290 g/mol. The van der Waals surface area contributed by atoms with Crippen LogP contribution in [-0.4, -0.2) is 33.3 Å². The molecule has 1 saturated carbocycles. The molecule has 0 aromatic carbocycles.